The van der Waals surface area contributed by atoms with Gasteiger partial charge in [-0.25, -0.2) is 4.79 Å². The number of anilines is 1. The van der Waals surface area contributed by atoms with Crippen molar-refractivity contribution in [3.8, 4) is 0 Å². The van der Waals surface area contributed by atoms with Crippen molar-refractivity contribution in [3.05, 3.63) is 64.7 Å². The molecule has 1 saturated heterocycles. The molecule has 142 valence electrons. The van der Waals surface area contributed by atoms with Crippen LogP contribution in [0.2, 0.25) is 5.02 Å². The maximum Gasteiger partial charge on any atom is 0.321 e. The normalized spacial score (nSPS) is 14.7. The van der Waals surface area contributed by atoms with Gasteiger partial charge in [0.15, 0.2) is 0 Å². The van der Waals surface area contributed by atoms with Crippen LogP contribution in [0.5, 0.6) is 0 Å². The highest BCUT2D eigenvalue weighted by atomic mass is 35.5. The Morgan fingerprint density at radius 1 is 1.04 bits per heavy atom. The Bertz CT molecular complexity index is 805. The van der Waals surface area contributed by atoms with E-state index < -0.39 is 0 Å². The molecule has 2 N–H and O–H groups in total. The first kappa shape index (κ1) is 19.2. The number of rotatable bonds is 4. The smallest absolute Gasteiger partial charge is 0.321 e. The van der Waals surface area contributed by atoms with Crippen LogP contribution < -0.4 is 10.6 Å². The van der Waals surface area contributed by atoms with Crippen molar-refractivity contribution in [1.29, 1.82) is 0 Å². The van der Waals surface area contributed by atoms with Crippen molar-refractivity contribution in [2.45, 2.75) is 6.54 Å². The van der Waals surface area contributed by atoms with Gasteiger partial charge in [0.05, 0.1) is 10.6 Å². The fourth-order valence-electron chi connectivity index (χ4n) is 3.06. The molecule has 1 aliphatic heterocycles. The first-order valence-corrected chi connectivity index (χ1v) is 9.28. The zero-order valence-corrected chi connectivity index (χ0v) is 16.0. The van der Waals surface area contributed by atoms with Crippen LogP contribution in [0.25, 0.3) is 0 Å². The number of piperazine rings is 1. The molecular formula is C20H23ClN4O2. The fourth-order valence-corrected chi connectivity index (χ4v) is 3.33. The predicted octanol–water partition coefficient (Wildman–Crippen LogP) is 3.05. The van der Waals surface area contributed by atoms with Crippen LogP contribution in [0, 0.1) is 0 Å². The molecular weight excluding hydrogens is 364 g/mol. The maximum atomic E-state index is 12.5. The summed E-state index contributed by atoms with van der Waals surface area (Å²) >= 11 is 6.14. The second kappa shape index (κ2) is 8.88. The quantitative estimate of drug-likeness (QED) is 0.848. The van der Waals surface area contributed by atoms with Crippen molar-refractivity contribution < 1.29 is 9.59 Å². The Morgan fingerprint density at radius 2 is 1.74 bits per heavy atom. The lowest BCUT2D eigenvalue weighted by Gasteiger charge is -2.34. The number of nitrogens with one attached hydrogen (secondary N) is 2. The molecule has 0 bridgehead atoms. The molecule has 1 heterocycles. The third-order valence-electron chi connectivity index (χ3n) is 4.60. The summed E-state index contributed by atoms with van der Waals surface area (Å²) in [6, 6.07) is 15.1. The van der Waals surface area contributed by atoms with E-state index in [-0.39, 0.29) is 11.9 Å². The Balaban J connectivity index is 1.52. The van der Waals surface area contributed by atoms with Gasteiger partial charge in [0.25, 0.3) is 5.91 Å². The summed E-state index contributed by atoms with van der Waals surface area (Å²) in [7, 11) is 1.55. The zero-order chi connectivity index (χ0) is 19.2. The Hall–Kier alpha value is -2.57. The van der Waals surface area contributed by atoms with E-state index in [9.17, 15) is 9.59 Å². The van der Waals surface area contributed by atoms with Crippen LogP contribution >= 0.6 is 11.6 Å². The molecule has 3 amide bonds. The summed E-state index contributed by atoms with van der Waals surface area (Å²) in [6.45, 7) is 3.90. The highest BCUT2D eigenvalue weighted by molar-refractivity contribution is 6.34. The van der Waals surface area contributed by atoms with E-state index in [4.69, 9.17) is 11.6 Å². The number of amides is 3. The van der Waals surface area contributed by atoms with E-state index in [0.29, 0.717) is 29.4 Å². The molecule has 2 aromatic carbocycles. The van der Waals surface area contributed by atoms with Gasteiger partial charge in [0.1, 0.15) is 0 Å². The summed E-state index contributed by atoms with van der Waals surface area (Å²) in [5, 5.41) is 5.69. The van der Waals surface area contributed by atoms with Gasteiger partial charge >= 0.3 is 6.03 Å². The third-order valence-corrected chi connectivity index (χ3v) is 4.91. The number of carbonyl (C=O) groups excluding carboxylic acids is 2. The molecule has 0 aromatic heterocycles. The molecule has 0 atom stereocenters. The van der Waals surface area contributed by atoms with Gasteiger partial charge < -0.3 is 15.5 Å². The van der Waals surface area contributed by atoms with Crippen molar-refractivity contribution >= 4 is 29.2 Å². The third kappa shape index (κ3) is 4.99. The predicted molar refractivity (Wildman–Crippen MR) is 107 cm³/mol. The van der Waals surface area contributed by atoms with Crippen molar-refractivity contribution in [3.63, 3.8) is 0 Å². The standard InChI is InChI=1S/C20H23ClN4O2/c1-22-19(26)17-8-7-16(13-18(17)21)23-20(27)25-11-9-24(10-12-25)14-15-5-3-2-4-6-15/h2-8,13H,9-12,14H2,1H3,(H,22,26)(H,23,27). The lowest BCUT2D eigenvalue weighted by molar-refractivity contribution is 0.0963. The van der Waals surface area contributed by atoms with E-state index in [2.05, 4.69) is 27.7 Å². The first-order chi connectivity index (χ1) is 13.1. The van der Waals surface area contributed by atoms with Gasteiger partial charge in [-0.2, -0.15) is 0 Å². The Labute approximate surface area is 164 Å². The summed E-state index contributed by atoms with van der Waals surface area (Å²) in [5.74, 6) is -0.257. The van der Waals surface area contributed by atoms with Crippen molar-refractivity contribution in [2.75, 3.05) is 38.5 Å². The lowest BCUT2D eigenvalue weighted by atomic mass is 10.2. The van der Waals surface area contributed by atoms with Gasteiger partial charge in [-0.15, -0.1) is 0 Å². The van der Waals surface area contributed by atoms with Crippen LogP contribution in [-0.2, 0) is 6.54 Å². The monoisotopic (exact) mass is 386 g/mol. The number of hydrogen-bond acceptors (Lipinski definition) is 3. The van der Waals surface area contributed by atoms with Gasteiger partial charge in [-0.1, -0.05) is 41.9 Å². The number of nitrogens with zero attached hydrogens (tertiary/aromatic N) is 2. The minimum atomic E-state index is -0.257. The van der Waals surface area contributed by atoms with Crippen LogP contribution in [0.4, 0.5) is 10.5 Å². The highest BCUT2D eigenvalue weighted by Crippen LogP contribution is 2.21. The van der Waals surface area contributed by atoms with Gasteiger partial charge in [-0.05, 0) is 23.8 Å². The molecule has 0 saturated carbocycles. The molecule has 1 aliphatic rings. The van der Waals surface area contributed by atoms with Crippen molar-refractivity contribution in [1.82, 2.24) is 15.1 Å². The number of benzene rings is 2. The number of urea groups is 1. The largest absolute Gasteiger partial charge is 0.355 e. The topological polar surface area (TPSA) is 64.7 Å². The van der Waals surface area contributed by atoms with Crippen LogP contribution in [-0.4, -0.2) is 55.0 Å². The van der Waals surface area contributed by atoms with E-state index in [1.165, 1.54) is 5.56 Å². The average Bonchev–Trinajstić information content (AvgIpc) is 2.69. The number of halogens is 1. The first-order valence-electron chi connectivity index (χ1n) is 8.90. The molecule has 2 aromatic rings. The SMILES string of the molecule is CNC(=O)c1ccc(NC(=O)N2CCN(Cc3ccccc3)CC2)cc1Cl. The summed E-state index contributed by atoms with van der Waals surface area (Å²) < 4.78 is 0. The Kier molecular flexibility index (Phi) is 6.32. The van der Waals surface area contributed by atoms with Gasteiger partial charge in [-0.3, -0.25) is 9.69 Å². The molecule has 0 unspecified atom stereocenters. The molecule has 0 radical (unpaired) electrons. The van der Waals surface area contributed by atoms with Gasteiger partial charge in [0, 0.05) is 45.5 Å². The minimum absolute atomic E-state index is 0.155. The molecule has 27 heavy (non-hydrogen) atoms. The molecule has 0 aliphatic carbocycles. The number of carbonyl (C=O) groups is 2. The molecule has 0 spiro atoms. The highest BCUT2D eigenvalue weighted by Gasteiger charge is 2.21. The van der Waals surface area contributed by atoms with E-state index >= 15 is 0 Å². The second-order valence-electron chi connectivity index (χ2n) is 6.45. The van der Waals surface area contributed by atoms with Crippen molar-refractivity contribution in [2.24, 2.45) is 0 Å². The summed E-state index contributed by atoms with van der Waals surface area (Å²) in [6.07, 6.45) is 0. The van der Waals surface area contributed by atoms with Crippen LogP contribution in [0.1, 0.15) is 15.9 Å². The minimum Gasteiger partial charge on any atom is -0.355 e. The van der Waals surface area contributed by atoms with Crippen LogP contribution in [0.3, 0.4) is 0 Å². The van der Waals surface area contributed by atoms with Crippen LogP contribution in [0.15, 0.2) is 48.5 Å². The molecule has 7 heteroatoms. The fraction of sp³-hybridized carbons (Fsp3) is 0.300. The second-order valence-corrected chi connectivity index (χ2v) is 6.86. The summed E-state index contributed by atoms with van der Waals surface area (Å²) in [5.41, 5.74) is 2.23. The maximum absolute atomic E-state index is 12.5. The zero-order valence-electron chi connectivity index (χ0n) is 15.2. The summed E-state index contributed by atoms with van der Waals surface area (Å²) in [4.78, 5) is 28.3. The molecule has 1 fully saturated rings. The van der Waals surface area contributed by atoms with Gasteiger partial charge in [0.2, 0.25) is 0 Å². The molecule has 6 nitrogen and oxygen atoms in total. The number of hydrogen-bond donors (Lipinski definition) is 2. The van der Waals surface area contributed by atoms with E-state index in [1.54, 1.807) is 30.1 Å². The van der Waals surface area contributed by atoms with E-state index in [1.807, 2.05) is 18.2 Å². The van der Waals surface area contributed by atoms with E-state index in [0.717, 1.165) is 19.6 Å². The Morgan fingerprint density at radius 3 is 2.37 bits per heavy atom. The average molecular weight is 387 g/mol. The molecule has 3 rings (SSSR count). The lowest BCUT2D eigenvalue weighted by Crippen LogP contribution is -2.49.